The molecule has 0 aliphatic rings. The number of hydrogen-bond donors (Lipinski definition) is 6. The Kier molecular flexibility index (Phi) is 7.68. The largest absolute Gasteiger partial charge is 0.371 e. The monoisotopic (exact) mass is 461 g/mol. The van der Waals surface area contributed by atoms with E-state index in [1.54, 1.807) is 0 Å². The molecule has 3 aromatic heterocycles. The van der Waals surface area contributed by atoms with Gasteiger partial charge in [-0.15, -0.1) is 0 Å². The van der Waals surface area contributed by atoms with Crippen molar-refractivity contribution in [3.63, 3.8) is 0 Å². The standard InChI is InChI=1S/C15H23N15O3/c16-10-22-7(23-11(17)28-10)3-31-1-6(33-5-9-26-14(20)30-15(21)27-9)2-32-4-8-24-12(18)29-13(19)25-8/h6H,1-5H2,(H4,16,17,22,23,28)(H4,18,19,24,25,29)(H4,20,21,26,27,30). The average Bonchev–Trinajstić information content (AvgIpc) is 2.69. The maximum Gasteiger partial charge on any atom is 0.225 e. The summed E-state index contributed by atoms with van der Waals surface area (Å²) < 4.78 is 17.0. The van der Waals surface area contributed by atoms with Gasteiger partial charge in [0.25, 0.3) is 0 Å². The molecule has 0 bridgehead atoms. The first-order valence-corrected chi connectivity index (χ1v) is 9.31. The van der Waals surface area contributed by atoms with Gasteiger partial charge < -0.3 is 48.6 Å². The number of rotatable bonds is 11. The lowest BCUT2D eigenvalue weighted by atomic mass is 10.4. The summed E-state index contributed by atoms with van der Waals surface area (Å²) in [5, 5.41) is 0. The smallest absolute Gasteiger partial charge is 0.225 e. The summed E-state index contributed by atoms with van der Waals surface area (Å²) in [6.45, 7) is 0.115. The topological polar surface area (TPSA) is 300 Å². The fraction of sp³-hybridized carbons (Fsp3) is 0.400. The third-order valence-electron chi connectivity index (χ3n) is 3.67. The second-order valence-electron chi connectivity index (χ2n) is 6.37. The lowest BCUT2D eigenvalue weighted by Crippen LogP contribution is -2.27. The van der Waals surface area contributed by atoms with E-state index in [1.165, 1.54) is 0 Å². The Hall–Kier alpha value is -4.29. The van der Waals surface area contributed by atoms with Crippen LogP contribution in [-0.4, -0.2) is 64.2 Å². The van der Waals surface area contributed by atoms with E-state index in [2.05, 4.69) is 44.9 Å². The number of anilines is 6. The van der Waals surface area contributed by atoms with E-state index in [0.717, 1.165) is 0 Å². The molecular formula is C15H23N15O3. The Morgan fingerprint density at radius 1 is 0.455 bits per heavy atom. The zero-order valence-corrected chi connectivity index (χ0v) is 17.3. The molecule has 0 saturated carbocycles. The van der Waals surface area contributed by atoms with E-state index >= 15 is 0 Å². The van der Waals surface area contributed by atoms with Crippen LogP contribution in [0.25, 0.3) is 0 Å². The second-order valence-corrected chi connectivity index (χ2v) is 6.37. The van der Waals surface area contributed by atoms with E-state index in [0.29, 0.717) is 0 Å². The van der Waals surface area contributed by atoms with Gasteiger partial charge in [-0.2, -0.15) is 44.9 Å². The number of hydrogen-bond acceptors (Lipinski definition) is 18. The van der Waals surface area contributed by atoms with E-state index in [4.69, 9.17) is 48.6 Å². The minimum atomic E-state index is -0.586. The van der Waals surface area contributed by atoms with E-state index in [-0.39, 0.29) is 86.2 Å². The van der Waals surface area contributed by atoms with Crippen LogP contribution in [0.1, 0.15) is 17.5 Å². The van der Waals surface area contributed by atoms with Crippen molar-refractivity contribution >= 4 is 35.7 Å². The number of nitrogen functional groups attached to an aromatic ring is 6. The molecule has 33 heavy (non-hydrogen) atoms. The van der Waals surface area contributed by atoms with Crippen molar-refractivity contribution in [2.24, 2.45) is 0 Å². The van der Waals surface area contributed by atoms with Gasteiger partial charge in [0.2, 0.25) is 35.7 Å². The van der Waals surface area contributed by atoms with Gasteiger partial charge in [-0.05, 0) is 0 Å². The molecule has 0 amide bonds. The molecule has 0 atom stereocenters. The third kappa shape index (κ3) is 7.72. The van der Waals surface area contributed by atoms with Crippen LogP contribution in [0.4, 0.5) is 35.7 Å². The van der Waals surface area contributed by atoms with Gasteiger partial charge in [-0.25, -0.2) is 0 Å². The van der Waals surface area contributed by atoms with Crippen LogP contribution in [0.5, 0.6) is 0 Å². The van der Waals surface area contributed by atoms with Gasteiger partial charge in [-0.3, -0.25) is 0 Å². The minimum Gasteiger partial charge on any atom is -0.371 e. The molecule has 3 aromatic rings. The molecule has 0 aliphatic carbocycles. The minimum absolute atomic E-state index is 0.00294. The summed E-state index contributed by atoms with van der Waals surface area (Å²) >= 11 is 0. The summed E-state index contributed by atoms with van der Waals surface area (Å²) in [6.07, 6.45) is -0.586. The molecule has 176 valence electrons. The molecule has 0 saturated heterocycles. The Morgan fingerprint density at radius 2 is 0.758 bits per heavy atom. The van der Waals surface area contributed by atoms with Gasteiger partial charge in [0, 0.05) is 0 Å². The van der Waals surface area contributed by atoms with Crippen LogP contribution in [0, 0.1) is 0 Å². The zero-order valence-electron chi connectivity index (χ0n) is 17.3. The van der Waals surface area contributed by atoms with Gasteiger partial charge in [0.05, 0.1) is 13.2 Å². The zero-order chi connectivity index (χ0) is 23.8. The molecule has 18 heteroatoms. The van der Waals surface area contributed by atoms with Crippen LogP contribution in [0.15, 0.2) is 0 Å². The van der Waals surface area contributed by atoms with Crippen molar-refractivity contribution in [3.8, 4) is 0 Å². The molecule has 18 nitrogen and oxygen atoms in total. The van der Waals surface area contributed by atoms with Crippen molar-refractivity contribution in [3.05, 3.63) is 17.5 Å². The van der Waals surface area contributed by atoms with E-state index in [9.17, 15) is 0 Å². The first-order valence-electron chi connectivity index (χ1n) is 9.31. The quantitative estimate of drug-likeness (QED) is 0.166. The SMILES string of the molecule is Nc1nc(N)nc(COCC(COCc2nc(N)nc(N)n2)OCc2nc(N)nc(N)n2)n1. The molecule has 0 spiro atoms. The molecular weight excluding hydrogens is 438 g/mol. The molecule has 0 aliphatic heterocycles. The van der Waals surface area contributed by atoms with Gasteiger partial charge in [0.15, 0.2) is 17.5 Å². The lowest BCUT2D eigenvalue weighted by Gasteiger charge is -2.18. The highest BCUT2D eigenvalue weighted by molar-refractivity contribution is 5.27. The van der Waals surface area contributed by atoms with Gasteiger partial charge in [-0.1, -0.05) is 0 Å². The van der Waals surface area contributed by atoms with Crippen molar-refractivity contribution in [2.45, 2.75) is 25.9 Å². The van der Waals surface area contributed by atoms with Crippen molar-refractivity contribution in [1.82, 2.24) is 44.9 Å². The van der Waals surface area contributed by atoms with Gasteiger partial charge >= 0.3 is 0 Å². The van der Waals surface area contributed by atoms with Gasteiger partial charge in [0.1, 0.15) is 25.9 Å². The fourth-order valence-electron chi connectivity index (χ4n) is 2.46. The summed E-state index contributed by atoms with van der Waals surface area (Å²) in [5.41, 5.74) is 33.4. The van der Waals surface area contributed by atoms with Crippen molar-refractivity contribution < 1.29 is 14.2 Å². The Balaban J connectivity index is 1.58. The number of nitrogens with two attached hydrogens (primary N) is 6. The maximum absolute atomic E-state index is 5.79. The van der Waals surface area contributed by atoms with Crippen molar-refractivity contribution in [1.29, 1.82) is 0 Å². The first-order chi connectivity index (χ1) is 15.8. The number of aromatic nitrogens is 9. The molecule has 0 aromatic carbocycles. The van der Waals surface area contributed by atoms with E-state index in [1.807, 2.05) is 0 Å². The number of ether oxygens (including phenoxy) is 3. The predicted molar refractivity (Wildman–Crippen MR) is 114 cm³/mol. The Morgan fingerprint density at radius 3 is 1.09 bits per heavy atom. The second kappa shape index (κ2) is 10.8. The highest BCUT2D eigenvalue weighted by Crippen LogP contribution is 2.07. The Bertz CT molecular complexity index is 966. The highest BCUT2D eigenvalue weighted by Gasteiger charge is 2.14. The summed E-state index contributed by atoms with van der Waals surface area (Å²) in [6, 6.07) is 0. The van der Waals surface area contributed by atoms with Crippen LogP contribution in [0.2, 0.25) is 0 Å². The highest BCUT2D eigenvalue weighted by atomic mass is 16.6. The van der Waals surface area contributed by atoms with Crippen LogP contribution < -0.4 is 34.4 Å². The summed E-state index contributed by atoms with van der Waals surface area (Å²) in [4.78, 5) is 34.8. The predicted octanol–water partition coefficient (Wildman–Crippen LogP) is -2.95. The summed E-state index contributed by atoms with van der Waals surface area (Å²) in [5.74, 6) is 0.636. The molecule has 0 radical (unpaired) electrons. The van der Waals surface area contributed by atoms with Crippen LogP contribution in [0.3, 0.4) is 0 Å². The number of nitrogens with zero attached hydrogens (tertiary/aromatic N) is 9. The van der Waals surface area contributed by atoms with Crippen LogP contribution >= 0.6 is 0 Å². The molecule has 12 N–H and O–H groups in total. The molecule has 3 heterocycles. The van der Waals surface area contributed by atoms with E-state index < -0.39 is 6.10 Å². The molecule has 0 fully saturated rings. The third-order valence-corrected chi connectivity index (χ3v) is 3.67. The van der Waals surface area contributed by atoms with Crippen molar-refractivity contribution in [2.75, 3.05) is 47.6 Å². The normalized spacial score (nSPS) is 11.2. The lowest BCUT2D eigenvalue weighted by molar-refractivity contribution is -0.0757. The van der Waals surface area contributed by atoms with Crippen LogP contribution in [-0.2, 0) is 34.0 Å². The molecule has 0 unspecified atom stereocenters. The average molecular weight is 461 g/mol. The summed E-state index contributed by atoms with van der Waals surface area (Å²) in [7, 11) is 0. The first kappa shape index (κ1) is 23.4. The molecule has 3 rings (SSSR count). The fourth-order valence-corrected chi connectivity index (χ4v) is 2.46. The maximum atomic E-state index is 5.79. The Labute approximate surface area is 186 Å².